The van der Waals surface area contributed by atoms with Gasteiger partial charge in [0.1, 0.15) is 0 Å². The number of guanidine groups is 1. The molecular formula is C8H18N3+. The van der Waals surface area contributed by atoms with Crippen LogP contribution in [0.3, 0.4) is 0 Å². The second-order valence-corrected chi connectivity index (χ2v) is 2.91. The number of hydrogen-bond donors (Lipinski definition) is 2. The minimum absolute atomic E-state index is 0.188. The van der Waals surface area contributed by atoms with E-state index in [1.807, 2.05) is 0 Å². The number of hydrogen-bond acceptors (Lipinski definition) is 1. The van der Waals surface area contributed by atoms with E-state index < -0.39 is 0 Å². The van der Waals surface area contributed by atoms with Crippen LogP contribution in [0, 0.1) is 12.8 Å². The number of nitrogens with two attached hydrogens (primary N) is 2. The first-order valence-electron chi connectivity index (χ1n) is 4.01. The third-order valence-corrected chi connectivity index (χ3v) is 1.40. The molecular weight excluding hydrogens is 138 g/mol. The topological polar surface area (TPSA) is 64.4 Å². The maximum atomic E-state index is 5.15. The van der Waals surface area contributed by atoms with Crippen molar-refractivity contribution in [1.29, 1.82) is 0 Å². The van der Waals surface area contributed by atoms with Crippen molar-refractivity contribution in [2.24, 2.45) is 22.4 Å². The van der Waals surface area contributed by atoms with Crippen LogP contribution >= 0.6 is 0 Å². The van der Waals surface area contributed by atoms with Crippen LogP contribution in [-0.4, -0.2) is 12.5 Å². The lowest BCUT2D eigenvalue weighted by Crippen LogP contribution is -2.22. The van der Waals surface area contributed by atoms with Crippen LogP contribution in [-0.2, 0) is 0 Å². The minimum atomic E-state index is 0.188. The smallest absolute Gasteiger partial charge is 0.185 e. The molecule has 0 saturated carbocycles. The number of unbranched alkanes of at least 4 members (excludes halogenated alkanes) is 1. The summed E-state index contributed by atoms with van der Waals surface area (Å²) in [5, 5.41) is 0. The lowest BCUT2D eigenvalue weighted by molar-refractivity contribution is 0.583. The molecule has 1 unspecified atom stereocenters. The molecule has 3 nitrogen and oxygen atoms in total. The van der Waals surface area contributed by atoms with Crippen molar-refractivity contribution in [3.8, 4) is 0 Å². The molecule has 0 heterocycles. The third kappa shape index (κ3) is 9.14. The average molecular weight is 156 g/mol. The van der Waals surface area contributed by atoms with Crippen LogP contribution in [0.4, 0.5) is 0 Å². The van der Waals surface area contributed by atoms with Gasteiger partial charge in [-0.05, 0) is 26.2 Å². The summed E-state index contributed by atoms with van der Waals surface area (Å²) in [6.07, 6.45) is 3.36. The zero-order valence-corrected chi connectivity index (χ0v) is 7.21. The molecule has 0 aromatic rings. The normalized spacial score (nSPS) is 12.5. The summed E-state index contributed by atoms with van der Waals surface area (Å²) in [4.78, 5) is 3.87. The van der Waals surface area contributed by atoms with Crippen LogP contribution in [0.25, 0.3) is 0 Å². The molecule has 1 atom stereocenters. The Bertz CT molecular complexity index is 115. The van der Waals surface area contributed by atoms with E-state index in [-0.39, 0.29) is 5.96 Å². The highest BCUT2D eigenvalue weighted by atomic mass is 15.0. The van der Waals surface area contributed by atoms with Gasteiger partial charge in [0.05, 0.1) is 12.8 Å². The van der Waals surface area contributed by atoms with Crippen LogP contribution in [0.5, 0.6) is 0 Å². The molecule has 4 N–H and O–H groups in total. The zero-order chi connectivity index (χ0) is 8.69. The molecule has 0 aromatic carbocycles. The predicted molar refractivity (Wildman–Crippen MR) is 49.0 cm³/mol. The Morgan fingerprint density at radius 3 is 2.55 bits per heavy atom. The molecule has 0 aliphatic heterocycles. The highest BCUT2D eigenvalue weighted by Crippen LogP contribution is 2.05. The Kier molecular flexibility index (Phi) is 5.43. The quantitative estimate of drug-likeness (QED) is 0.269. The molecule has 0 radical (unpaired) electrons. The first-order valence-corrected chi connectivity index (χ1v) is 4.01. The van der Waals surface area contributed by atoms with E-state index in [1.165, 1.54) is 0 Å². The van der Waals surface area contributed by atoms with E-state index in [0.717, 1.165) is 25.8 Å². The van der Waals surface area contributed by atoms with Crippen LogP contribution in [0.2, 0.25) is 0 Å². The van der Waals surface area contributed by atoms with Crippen LogP contribution in [0.15, 0.2) is 4.99 Å². The van der Waals surface area contributed by atoms with Crippen LogP contribution in [0.1, 0.15) is 26.2 Å². The van der Waals surface area contributed by atoms with E-state index in [0.29, 0.717) is 5.92 Å². The summed E-state index contributed by atoms with van der Waals surface area (Å²) in [7, 11) is 0. The molecule has 64 valence electrons. The molecule has 11 heavy (non-hydrogen) atoms. The highest BCUT2D eigenvalue weighted by Gasteiger charge is 1.98. The first kappa shape index (κ1) is 10.1. The molecule has 0 bridgehead atoms. The summed E-state index contributed by atoms with van der Waals surface area (Å²) in [5.41, 5.74) is 10.3. The van der Waals surface area contributed by atoms with Gasteiger partial charge in [0.2, 0.25) is 0 Å². The van der Waals surface area contributed by atoms with Gasteiger partial charge in [-0.1, -0.05) is 0 Å². The first-order chi connectivity index (χ1) is 5.13. The van der Waals surface area contributed by atoms with Crippen molar-refractivity contribution in [1.82, 2.24) is 0 Å². The van der Waals surface area contributed by atoms with E-state index in [4.69, 9.17) is 11.5 Å². The Hall–Kier alpha value is -0.860. The highest BCUT2D eigenvalue weighted by molar-refractivity contribution is 5.75. The van der Waals surface area contributed by atoms with E-state index in [9.17, 15) is 0 Å². The average Bonchev–Trinajstić information content (AvgIpc) is 1.85. The molecule has 0 aliphatic rings. The number of aliphatic imine (C=N–C) groups is 1. The van der Waals surface area contributed by atoms with Gasteiger partial charge < -0.3 is 11.5 Å². The van der Waals surface area contributed by atoms with Gasteiger partial charge in [-0.3, -0.25) is 4.99 Å². The van der Waals surface area contributed by atoms with Crippen molar-refractivity contribution >= 4 is 5.96 Å². The van der Waals surface area contributed by atoms with Gasteiger partial charge in [-0.2, -0.15) is 0 Å². The van der Waals surface area contributed by atoms with Gasteiger partial charge in [0.15, 0.2) is 5.96 Å². The fourth-order valence-corrected chi connectivity index (χ4v) is 0.813. The Morgan fingerprint density at radius 1 is 1.45 bits per heavy atom. The third-order valence-electron chi connectivity index (χ3n) is 1.40. The summed E-state index contributed by atoms with van der Waals surface area (Å²) >= 11 is 0. The van der Waals surface area contributed by atoms with Gasteiger partial charge in [0.25, 0.3) is 0 Å². The summed E-state index contributed by atoms with van der Waals surface area (Å²) in [6.45, 7) is 6.74. The Labute approximate surface area is 68.9 Å². The molecule has 0 spiro atoms. The second-order valence-electron chi connectivity index (χ2n) is 2.91. The Balaban J connectivity index is 3.09. The van der Waals surface area contributed by atoms with Crippen molar-refractivity contribution in [2.45, 2.75) is 26.2 Å². The second kappa shape index (κ2) is 5.89. The molecule has 0 rings (SSSR count). The van der Waals surface area contributed by atoms with E-state index >= 15 is 0 Å². The predicted octanol–water partition coefficient (Wildman–Crippen LogP) is 0.900. The fourth-order valence-electron chi connectivity index (χ4n) is 0.813. The monoisotopic (exact) mass is 156 g/mol. The standard InChI is InChI=1S/C8H18N3/c1-7(2)5-3-4-6-11-8(9)10/h7H,1,3-6H2,2H3,(H4,9,10,11)/q+1. The summed E-state index contributed by atoms with van der Waals surface area (Å²) in [5.74, 6) is 0.724. The van der Waals surface area contributed by atoms with Gasteiger partial charge >= 0.3 is 0 Å². The van der Waals surface area contributed by atoms with Gasteiger partial charge in [-0.15, -0.1) is 0 Å². The molecule has 0 aliphatic carbocycles. The lowest BCUT2D eigenvalue weighted by atomic mass is 10.1. The maximum Gasteiger partial charge on any atom is 0.185 e. The number of nitrogens with zero attached hydrogens (tertiary/aromatic N) is 1. The zero-order valence-electron chi connectivity index (χ0n) is 7.21. The molecule has 0 amide bonds. The van der Waals surface area contributed by atoms with Crippen molar-refractivity contribution in [3.05, 3.63) is 6.92 Å². The summed E-state index contributed by atoms with van der Waals surface area (Å²) in [6, 6.07) is 0. The fraction of sp³-hybridized carbons (Fsp3) is 0.750. The van der Waals surface area contributed by atoms with Crippen molar-refractivity contribution in [3.63, 3.8) is 0 Å². The molecule has 0 saturated heterocycles. The van der Waals surface area contributed by atoms with Gasteiger partial charge in [-0.25, -0.2) is 0 Å². The van der Waals surface area contributed by atoms with E-state index in [2.05, 4.69) is 18.8 Å². The van der Waals surface area contributed by atoms with Crippen molar-refractivity contribution < 1.29 is 0 Å². The Morgan fingerprint density at radius 2 is 2.09 bits per heavy atom. The molecule has 3 heteroatoms. The molecule has 0 fully saturated rings. The van der Waals surface area contributed by atoms with Crippen LogP contribution < -0.4 is 11.5 Å². The minimum Gasteiger partial charge on any atom is -0.370 e. The lowest BCUT2D eigenvalue weighted by Gasteiger charge is -1.97. The SMILES string of the molecule is [CH2+]C(C)CCCCN=C(N)N. The number of rotatable bonds is 5. The molecule has 0 aromatic heterocycles. The van der Waals surface area contributed by atoms with Crippen molar-refractivity contribution in [2.75, 3.05) is 6.54 Å². The summed E-state index contributed by atoms with van der Waals surface area (Å²) < 4.78 is 0. The van der Waals surface area contributed by atoms with Gasteiger partial charge in [0, 0.05) is 6.54 Å². The van der Waals surface area contributed by atoms with E-state index in [1.54, 1.807) is 0 Å². The largest absolute Gasteiger partial charge is 0.370 e. The maximum absolute atomic E-state index is 5.15.